The van der Waals surface area contributed by atoms with Crippen LogP contribution in [0.5, 0.6) is 0 Å². The Kier molecular flexibility index (Phi) is 5.29. The Hall–Kier alpha value is -1.63. The van der Waals surface area contributed by atoms with E-state index in [9.17, 15) is 18.0 Å². The van der Waals surface area contributed by atoms with Crippen molar-refractivity contribution in [2.45, 2.75) is 46.1 Å². The minimum Gasteiger partial charge on any atom is -0.427 e. The van der Waals surface area contributed by atoms with E-state index < -0.39 is 27.4 Å². The zero-order chi connectivity index (χ0) is 17.2. The average Bonchev–Trinajstić information content (AvgIpc) is 2.74. The maximum Gasteiger partial charge on any atom is 0.349 e. The molecular formula is C16H23NO5S. The van der Waals surface area contributed by atoms with Gasteiger partial charge in [-0.3, -0.25) is 4.79 Å². The SMILES string of the molecule is Cc1cc(CCC(C)C)oc(=O)c1C(=O)NC1CCS(=O)(=O)C1. The van der Waals surface area contributed by atoms with Gasteiger partial charge in [-0.15, -0.1) is 0 Å². The number of aryl methyl sites for hydroxylation is 2. The van der Waals surface area contributed by atoms with Gasteiger partial charge in [0, 0.05) is 12.5 Å². The Morgan fingerprint density at radius 2 is 2.13 bits per heavy atom. The van der Waals surface area contributed by atoms with Crippen LogP contribution < -0.4 is 10.9 Å². The minimum absolute atomic E-state index is 0.0393. The molecule has 23 heavy (non-hydrogen) atoms. The first-order valence-corrected chi connectivity index (χ1v) is 9.65. The number of carbonyl (C=O) groups excluding carboxylic acids is 1. The minimum atomic E-state index is -3.08. The molecule has 1 atom stereocenters. The van der Waals surface area contributed by atoms with Gasteiger partial charge < -0.3 is 9.73 Å². The van der Waals surface area contributed by atoms with Crippen LogP contribution in [0, 0.1) is 12.8 Å². The van der Waals surface area contributed by atoms with Crippen LogP contribution in [0.1, 0.15) is 48.4 Å². The van der Waals surface area contributed by atoms with E-state index in [1.165, 1.54) is 0 Å². The van der Waals surface area contributed by atoms with Crippen LogP contribution in [0.25, 0.3) is 0 Å². The molecule has 1 saturated heterocycles. The molecule has 1 aromatic rings. The molecule has 7 heteroatoms. The van der Waals surface area contributed by atoms with Gasteiger partial charge in [0.25, 0.3) is 5.91 Å². The molecule has 0 radical (unpaired) electrons. The van der Waals surface area contributed by atoms with E-state index in [2.05, 4.69) is 19.2 Å². The summed E-state index contributed by atoms with van der Waals surface area (Å²) in [6.45, 7) is 5.86. The second-order valence-electron chi connectivity index (χ2n) is 6.56. The lowest BCUT2D eigenvalue weighted by atomic mass is 10.0. The molecule has 0 aliphatic carbocycles. The van der Waals surface area contributed by atoms with E-state index in [0.29, 0.717) is 30.1 Å². The fourth-order valence-electron chi connectivity index (χ4n) is 2.67. The van der Waals surface area contributed by atoms with Crippen molar-refractivity contribution in [1.82, 2.24) is 5.32 Å². The highest BCUT2D eigenvalue weighted by molar-refractivity contribution is 7.91. The van der Waals surface area contributed by atoms with Crippen molar-refractivity contribution in [3.8, 4) is 0 Å². The van der Waals surface area contributed by atoms with Gasteiger partial charge in [-0.25, -0.2) is 13.2 Å². The molecule has 1 aromatic heterocycles. The number of hydrogen-bond donors (Lipinski definition) is 1. The first kappa shape index (κ1) is 17.7. The lowest BCUT2D eigenvalue weighted by molar-refractivity contribution is 0.0936. The summed E-state index contributed by atoms with van der Waals surface area (Å²) in [5, 5.41) is 2.62. The normalized spacial score (nSPS) is 19.9. The number of rotatable bonds is 5. The molecule has 0 saturated carbocycles. The van der Waals surface area contributed by atoms with E-state index in [4.69, 9.17) is 4.42 Å². The second-order valence-corrected chi connectivity index (χ2v) is 8.79. The van der Waals surface area contributed by atoms with Gasteiger partial charge in [-0.05, 0) is 37.3 Å². The van der Waals surface area contributed by atoms with Crippen LogP contribution in [-0.2, 0) is 16.3 Å². The lowest BCUT2D eigenvalue weighted by Crippen LogP contribution is -2.38. The van der Waals surface area contributed by atoms with Crippen LogP contribution in [0.3, 0.4) is 0 Å². The Balaban J connectivity index is 2.13. The third-order valence-corrected chi connectivity index (χ3v) is 5.73. The van der Waals surface area contributed by atoms with E-state index in [0.717, 1.165) is 6.42 Å². The summed E-state index contributed by atoms with van der Waals surface area (Å²) >= 11 is 0. The van der Waals surface area contributed by atoms with Crippen molar-refractivity contribution in [3.63, 3.8) is 0 Å². The summed E-state index contributed by atoms with van der Waals surface area (Å²) < 4.78 is 28.1. The largest absolute Gasteiger partial charge is 0.427 e. The van der Waals surface area contributed by atoms with Gasteiger partial charge in [0.1, 0.15) is 11.3 Å². The fourth-order valence-corrected chi connectivity index (χ4v) is 4.34. The highest BCUT2D eigenvalue weighted by Crippen LogP contribution is 2.14. The van der Waals surface area contributed by atoms with Crippen molar-refractivity contribution in [2.24, 2.45) is 5.92 Å². The number of carbonyl (C=O) groups is 1. The summed E-state index contributed by atoms with van der Waals surface area (Å²) in [4.78, 5) is 24.4. The Labute approximate surface area is 136 Å². The third-order valence-electron chi connectivity index (χ3n) is 3.96. The van der Waals surface area contributed by atoms with Crippen molar-refractivity contribution in [2.75, 3.05) is 11.5 Å². The summed E-state index contributed by atoms with van der Waals surface area (Å²) in [7, 11) is -3.08. The van der Waals surface area contributed by atoms with Crippen LogP contribution in [0.2, 0.25) is 0 Å². The Morgan fingerprint density at radius 3 is 2.65 bits per heavy atom. The molecule has 1 unspecified atom stereocenters. The van der Waals surface area contributed by atoms with Crippen molar-refractivity contribution < 1.29 is 17.6 Å². The maximum absolute atomic E-state index is 12.3. The van der Waals surface area contributed by atoms with Crippen LogP contribution >= 0.6 is 0 Å². The molecule has 0 bridgehead atoms. The molecule has 128 valence electrons. The number of nitrogens with one attached hydrogen (secondary N) is 1. The highest BCUT2D eigenvalue weighted by atomic mass is 32.2. The number of amides is 1. The molecule has 6 nitrogen and oxygen atoms in total. The zero-order valence-corrected chi connectivity index (χ0v) is 14.5. The van der Waals surface area contributed by atoms with Gasteiger partial charge in [0.15, 0.2) is 9.84 Å². The summed E-state index contributed by atoms with van der Waals surface area (Å²) in [6.07, 6.45) is 1.93. The molecule has 1 aliphatic heterocycles. The molecule has 0 spiro atoms. The molecule has 2 heterocycles. The van der Waals surface area contributed by atoms with Gasteiger partial charge in [-0.2, -0.15) is 0 Å². The van der Waals surface area contributed by atoms with Gasteiger partial charge in [-0.1, -0.05) is 13.8 Å². The first-order chi connectivity index (χ1) is 10.7. The van der Waals surface area contributed by atoms with Crippen LogP contribution in [0.4, 0.5) is 0 Å². The van der Waals surface area contributed by atoms with Crippen LogP contribution in [-0.4, -0.2) is 31.9 Å². The van der Waals surface area contributed by atoms with E-state index in [1.54, 1.807) is 13.0 Å². The monoisotopic (exact) mass is 341 g/mol. The topological polar surface area (TPSA) is 93.4 Å². The Bertz CT molecular complexity index is 748. The van der Waals surface area contributed by atoms with Gasteiger partial charge in [0.05, 0.1) is 11.5 Å². The zero-order valence-electron chi connectivity index (χ0n) is 13.7. The van der Waals surface area contributed by atoms with Gasteiger partial charge >= 0.3 is 5.63 Å². The average molecular weight is 341 g/mol. The first-order valence-electron chi connectivity index (χ1n) is 7.83. The van der Waals surface area contributed by atoms with E-state index >= 15 is 0 Å². The highest BCUT2D eigenvalue weighted by Gasteiger charge is 2.30. The quantitative estimate of drug-likeness (QED) is 0.875. The van der Waals surface area contributed by atoms with E-state index in [1.807, 2.05) is 0 Å². The molecule has 0 aromatic carbocycles. The smallest absolute Gasteiger partial charge is 0.349 e. The summed E-state index contributed by atoms with van der Waals surface area (Å²) in [6, 6.07) is 1.27. The molecule has 1 aliphatic rings. The fraction of sp³-hybridized carbons (Fsp3) is 0.625. The van der Waals surface area contributed by atoms with E-state index in [-0.39, 0.29) is 17.1 Å². The predicted molar refractivity (Wildman–Crippen MR) is 87.4 cm³/mol. The van der Waals surface area contributed by atoms with Gasteiger partial charge in [0.2, 0.25) is 0 Å². The summed E-state index contributed by atoms with van der Waals surface area (Å²) in [5.74, 6) is 0.498. The Morgan fingerprint density at radius 1 is 1.43 bits per heavy atom. The summed E-state index contributed by atoms with van der Waals surface area (Å²) in [5.41, 5.74) is -0.150. The molecule has 1 fully saturated rings. The molecule has 2 rings (SSSR count). The second kappa shape index (κ2) is 6.86. The number of hydrogen-bond acceptors (Lipinski definition) is 5. The molecule has 1 N–H and O–H groups in total. The van der Waals surface area contributed by atoms with Crippen molar-refractivity contribution >= 4 is 15.7 Å². The van der Waals surface area contributed by atoms with Crippen molar-refractivity contribution in [1.29, 1.82) is 0 Å². The standard InChI is InChI=1S/C16H23NO5S/c1-10(2)4-5-13-8-11(3)14(16(19)22-13)15(18)17-12-6-7-23(20,21)9-12/h8,10,12H,4-7,9H2,1-3H3,(H,17,18). The predicted octanol–water partition coefficient (Wildman–Crippen LogP) is 1.45. The maximum atomic E-state index is 12.3. The molecule has 1 amide bonds. The third kappa shape index (κ3) is 4.67. The van der Waals surface area contributed by atoms with Crippen LogP contribution in [0.15, 0.2) is 15.3 Å². The van der Waals surface area contributed by atoms with Crippen molar-refractivity contribution in [3.05, 3.63) is 33.4 Å². The molecular weight excluding hydrogens is 318 g/mol. The number of sulfone groups is 1. The lowest BCUT2D eigenvalue weighted by Gasteiger charge is -2.12.